The molecule has 0 aliphatic carbocycles. The highest BCUT2D eigenvalue weighted by Gasteiger charge is 2.47. The number of halogens is 1. The Morgan fingerprint density at radius 2 is 1.28 bits per heavy atom. The molecule has 32 heteroatoms. The van der Waals surface area contributed by atoms with Gasteiger partial charge in [0.15, 0.2) is 0 Å². The minimum absolute atomic E-state index is 0.0865. The third kappa shape index (κ3) is 24.1. The number of hydrogen-bond acceptors (Lipinski definition) is 18. The number of benzene rings is 4. The van der Waals surface area contributed by atoms with Crippen molar-refractivity contribution < 1.29 is 96.6 Å². The molecule has 0 spiro atoms. The second-order valence-corrected chi connectivity index (χ2v) is 24.7. The lowest BCUT2D eigenvalue weighted by atomic mass is 9.90. The number of carbonyl (C=O) groups excluding carboxylic acids is 12. The van der Waals surface area contributed by atoms with Crippen LogP contribution < -0.4 is 63.6 Å². The Labute approximate surface area is 582 Å². The molecule has 4 aromatic carbocycles. The number of alkyl carbamates (subject to hydrolysis) is 1. The van der Waals surface area contributed by atoms with Gasteiger partial charge in [0.25, 0.3) is 0 Å². The smallest absolute Gasteiger partial charge is 0.407 e. The highest BCUT2D eigenvalue weighted by molar-refractivity contribution is 6.00. The van der Waals surface area contributed by atoms with E-state index < -0.39 is 188 Å². The van der Waals surface area contributed by atoms with E-state index in [0.29, 0.717) is 37.0 Å². The number of primary amides is 1. The second-order valence-electron chi connectivity index (χ2n) is 24.7. The lowest BCUT2D eigenvalue weighted by Gasteiger charge is -2.35. The number of aryl methyl sites for hydroxylation is 2. The molecule has 0 saturated carbocycles. The van der Waals surface area contributed by atoms with Crippen molar-refractivity contribution in [2.24, 2.45) is 5.73 Å². The number of carboxylic acid groups (broad SMARTS) is 1. The van der Waals surface area contributed by atoms with E-state index in [2.05, 4.69) is 57.9 Å². The van der Waals surface area contributed by atoms with Crippen LogP contribution in [0.1, 0.15) is 95.4 Å². The van der Waals surface area contributed by atoms with E-state index in [-0.39, 0.29) is 31.4 Å². The van der Waals surface area contributed by atoms with Gasteiger partial charge in [-0.15, -0.1) is 0 Å². The fourth-order valence-corrected chi connectivity index (χ4v) is 11.2. The summed E-state index contributed by atoms with van der Waals surface area (Å²) < 4.78 is 25.3. The van der Waals surface area contributed by atoms with Crippen molar-refractivity contribution in [1.29, 1.82) is 0 Å². The van der Waals surface area contributed by atoms with E-state index in [1.165, 1.54) is 30.0 Å². The molecule has 1 saturated heterocycles. The quantitative estimate of drug-likeness (QED) is 0.0249. The molecular formula is C69H91FN12O19. The number of nitrogens with two attached hydrogens (primary N) is 1. The predicted molar refractivity (Wildman–Crippen MR) is 361 cm³/mol. The molecule has 1 heterocycles. The molecule has 1 fully saturated rings. The van der Waals surface area contributed by atoms with Crippen LogP contribution in [0, 0.1) is 5.82 Å². The maximum absolute atomic E-state index is 15.4. The Morgan fingerprint density at radius 1 is 0.663 bits per heavy atom. The number of rotatable bonds is 38. The number of aliphatic carboxylic acids is 1. The molecule has 548 valence electrons. The molecule has 1 aliphatic rings. The maximum Gasteiger partial charge on any atom is 0.407 e. The molecule has 12 amide bonds. The fraction of sp³-hybridized carbons (Fsp3) is 0.464. The minimum atomic E-state index is -2.36. The molecule has 0 bridgehead atoms. The van der Waals surface area contributed by atoms with E-state index in [1.54, 1.807) is 19.2 Å². The highest BCUT2D eigenvalue weighted by atomic mass is 19.1. The predicted octanol–water partition coefficient (Wildman–Crippen LogP) is -1.27. The van der Waals surface area contributed by atoms with Crippen LogP contribution in [0.15, 0.2) is 97.1 Å². The van der Waals surface area contributed by atoms with E-state index in [0.717, 1.165) is 56.2 Å². The zero-order valence-corrected chi connectivity index (χ0v) is 57.3. The number of amides is 12. The van der Waals surface area contributed by atoms with Gasteiger partial charge in [0.2, 0.25) is 65.0 Å². The Hall–Kier alpha value is -10.6. The lowest BCUT2D eigenvalue weighted by molar-refractivity contribution is -0.144. The first-order valence-corrected chi connectivity index (χ1v) is 32.7. The number of nitrogens with one attached hydrogen (secondary N) is 10. The van der Waals surface area contributed by atoms with Crippen molar-refractivity contribution >= 4 is 77.0 Å². The van der Waals surface area contributed by atoms with Crippen LogP contribution in [0.2, 0.25) is 0 Å². The molecule has 101 heavy (non-hydrogen) atoms. The van der Waals surface area contributed by atoms with Gasteiger partial charge in [0.1, 0.15) is 65.4 Å². The number of carbonyl (C=O) groups is 13. The number of likely N-dealkylation sites (tertiary alicyclic amines) is 1. The Morgan fingerprint density at radius 3 is 1.87 bits per heavy atom. The fourth-order valence-electron chi connectivity index (χ4n) is 11.2. The normalized spacial score (nSPS) is 16.2. The topological polar surface area (TPSA) is 471 Å². The molecule has 4 aromatic rings. The van der Waals surface area contributed by atoms with Gasteiger partial charge >= 0.3 is 12.1 Å². The number of hydrogen-bond donors (Lipinski definition) is 15. The largest absolute Gasteiger partial charge is 0.497 e. The van der Waals surface area contributed by atoms with Crippen molar-refractivity contribution in [3.05, 3.63) is 125 Å². The number of aliphatic hydroxyl groups is 3. The first-order valence-electron chi connectivity index (χ1n) is 32.7. The summed E-state index contributed by atoms with van der Waals surface area (Å²) in [6, 6.07) is 17.3. The SMILES string of the molecule is CCc1cc(OC)ccc1-c1ccc(C[C@H](NC(=O)CNC(=O)[C@H](CO)NC(=O)[C@@H](NC(=O)[C@](C)(Cc2ccccc2F)NC(=O)[C@@H](NC(=O)CNC(=O)[C@H](CCC(=O)O)NC(=O)[C@]2(C)CCCN2C(=O)CNC(=O)OC)[C@@H](C)O)[C@@H](C)O)C(=O)N[C@@H](CCCc2ccccc2)C(N)=O)cc1. The lowest BCUT2D eigenvalue weighted by Crippen LogP contribution is -2.67. The first kappa shape index (κ1) is 81.1. The van der Waals surface area contributed by atoms with Gasteiger partial charge in [-0.25, -0.2) is 9.18 Å². The summed E-state index contributed by atoms with van der Waals surface area (Å²) in [6.45, 7) is 3.20. The Balaban J connectivity index is 1.27. The van der Waals surface area contributed by atoms with Gasteiger partial charge in [-0.1, -0.05) is 85.8 Å². The summed E-state index contributed by atoms with van der Waals surface area (Å²) in [5.41, 5.74) is 6.01. The molecule has 10 atom stereocenters. The molecular weight excluding hydrogens is 1320 g/mol. The molecule has 1 aliphatic heterocycles. The molecule has 0 unspecified atom stereocenters. The number of nitrogens with zero attached hydrogens (tertiary/aromatic N) is 1. The standard InChI is InChI=1S/C69H91FN12O19/c1-8-43-33-46(100-6)26-27-47(43)44-24-22-42(23-25-44)32-51(62(94)76-49(59(71)91)21-14-18-41-16-10-9-11-17-41)75-53(86)35-73-61(93)52(38-83)77-63(95)57(39(2)84)80-65(97)68(4,34-45-19-12-13-20-48(45)70)81-64(96)58(40(3)85)79-54(87)36-72-60(92)50(28-29-56(89)90)78-66(98)69(5)30-15-31-82(69)55(88)37-74-67(99)101-7/h9-13,16-17,19-20,22-27,33,39-40,49-52,57-58,83-85H,8,14-15,18,21,28-32,34-38H2,1-7H3,(H2,71,91)(H,72,92)(H,73,93)(H,74,99)(H,75,86)(H,76,94)(H,77,95)(H,78,98)(H,79,87)(H,80,97)(H,81,96)(H,89,90)/t39-,40-,49+,50+,51+,52+,57+,58+,68+,69+/m1/s1. The van der Waals surface area contributed by atoms with Gasteiger partial charge in [-0.05, 0) is 124 Å². The van der Waals surface area contributed by atoms with Crippen molar-refractivity contribution in [2.75, 3.05) is 47.0 Å². The van der Waals surface area contributed by atoms with E-state index in [1.807, 2.05) is 67.6 Å². The number of aliphatic hydroxyl groups excluding tert-OH is 3. The van der Waals surface area contributed by atoms with Crippen LogP contribution in [0.5, 0.6) is 5.75 Å². The molecule has 0 aromatic heterocycles. The van der Waals surface area contributed by atoms with Crippen molar-refractivity contribution in [3.63, 3.8) is 0 Å². The zero-order valence-electron chi connectivity index (χ0n) is 57.3. The van der Waals surface area contributed by atoms with Crippen LogP contribution in [0.4, 0.5) is 9.18 Å². The summed E-state index contributed by atoms with van der Waals surface area (Å²) >= 11 is 0. The average molecular weight is 1410 g/mol. The summed E-state index contributed by atoms with van der Waals surface area (Å²) in [5, 5.41) is 65.1. The summed E-state index contributed by atoms with van der Waals surface area (Å²) in [5.74, 6) is -12.9. The van der Waals surface area contributed by atoms with Gasteiger partial charge in [-0.3, -0.25) is 57.5 Å². The summed E-state index contributed by atoms with van der Waals surface area (Å²) in [7, 11) is 2.65. The maximum atomic E-state index is 15.4. The third-order valence-electron chi connectivity index (χ3n) is 17.0. The Kier molecular flexibility index (Phi) is 31.0. The van der Waals surface area contributed by atoms with E-state index in [4.69, 9.17) is 10.5 Å². The van der Waals surface area contributed by atoms with E-state index >= 15 is 4.39 Å². The first-order chi connectivity index (χ1) is 47.9. The summed E-state index contributed by atoms with van der Waals surface area (Å²) in [6.07, 6.45) is -4.17. The van der Waals surface area contributed by atoms with Gasteiger partial charge < -0.3 is 93.7 Å². The summed E-state index contributed by atoms with van der Waals surface area (Å²) in [4.78, 5) is 175. The van der Waals surface area contributed by atoms with Crippen molar-refractivity contribution in [2.45, 2.75) is 158 Å². The third-order valence-corrected chi connectivity index (χ3v) is 17.0. The second kappa shape index (κ2) is 38.7. The van der Waals surface area contributed by atoms with Crippen LogP contribution in [0.25, 0.3) is 11.1 Å². The minimum Gasteiger partial charge on any atom is -0.497 e. The van der Waals surface area contributed by atoms with Crippen molar-refractivity contribution in [1.82, 2.24) is 58.1 Å². The molecule has 31 nitrogen and oxygen atoms in total. The molecule has 5 rings (SSSR count). The Bertz CT molecular complexity index is 3600. The monoisotopic (exact) mass is 1410 g/mol. The number of carboxylic acids is 1. The van der Waals surface area contributed by atoms with Crippen LogP contribution >= 0.6 is 0 Å². The van der Waals surface area contributed by atoms with Crippen LogP contribution in [-0.2, 0) is 88.0 Å². The number of methoxy groups -OCH3 is 2. The zero-order chi connectivity index (χ0) is 74.7. The van der Waals surface area contributed by atoms with Gasteiger partial charge in [0.05, 0.1) is 46.1 Å². The highest BCUT2D eigenvalue weighted by Crippen LogP contribution is 2.31. The van der Waals surface area contributed by atoms with Crippen LogP contribution in [0.3, 0.4) is 0 Å². The average Bonchev–Trinajstić information content (AvgIpc) is 1.65. The van der Waals surface area contributed by atoms with Gasteiger partial charge in [0, 0.05) is 25.8 Å². The molecule has 0 radical (unpaired) electrons. The van der Waals surface area contributed by atoms with Crippen LogP contribution in [-0.4, -0.2) is 209 Å². The van der Waals surface area contributed by atoms with Gasteiger partial charge in [-0.2, -0.15) is 0 Å². The number of ether oxygens (including phenoxy) is 2. The van der Waals surface area contributed by atoms with E-state index in [9.17, 15) is 82.8 Å². The van der Waals surface area contributed by atoms with Crippen molar-refractivity contribution in [3.8, 4) is 16.9 Å². The molecule has 16 N–H and O–H groups in total.